The summed E-state index contributed by atoms with van der Waals surface area (Å²) in [4.78, 5) is 18.9. The molecule has 0 aliphatic rings. The summed E-state index contributed by atoms with van der Waals surface area (Å²) in [6.07, 6.45) is 0.288. The van der Waals surface area contributed by atoms with Crippen LogP contribution in [0.2, 0.25) is 0 Å². The van der Waals surface area contributed by atoms with Crippen LogP contribution in [0, 0.1) is 0 Å². The van der Waals surface area contributed by atoms with Crippen LogP contribution in [-0.2, 0) is 9.53 Å². The van der Waals surface area contributed by atoms with Crippen molar-refractivity contribution in [1.29, 1.82) is 0 Å². The first-order valence-corrected chi connectivity index (χ1v) is 10.8. The van der Waals surface area contributed by atoms with Gasteiger partial charge in [-0.05, 0) is 12.1 Å². The lowest BCUT2D eigenvalue weighted by Crippen LogP contribution is -2.32. The lowest BCUT2D eigenvalue weighted by molar-refractivity contribution is -0.143. The van der Waals surface area contributed by atoms with Gasteiger partial charge in [-0.3, -0.25) is 9.69 Å². The summed E-state index contributed by atoms with van der Waals surface area (Å²) in [7, 11) is 0. The molecule has 0 atom stereocenters. The van der Waals surface area contributed by atoms with E-state index in [2.05, 4.69) is 10.2 Å². The summed E-state index contributed by atoms with van der Waals surface area (Å²) in [6.45, 7) is 2.93. The van der Waals surface area contributed by atoms with Gasteiger partial charge in [0.2, 0.25) is 0 Å². The molecule has 0 fully saturated rings. The minimum atomic E-state index is -0.225. The standard InChI is InChI=1S/C22H25Cl2N3O2.2ClH/c23-10-13-27(14-11-24)15-16-29-21(28)9-12-25-22-17-5-1-3-7-19(17)26-20-8-4-2-6-18(20)22;;/h1-8H,9-16H2,(H,25,26);2*1H. The first-order valence-electron chi connectivity index (χ1n) is 9.74. The van der Waals surface area contributed by atoms with Gasteiger partial charge in [0.1, 0.15) is 6.61 Å². The van der Waals surface area contributed by atoms with Crippen LogP contribution in [0.15, 0.2) is 48.5 Å². The zero-order valence-electron chi connectivity index (χ0n) is 17.1. The van der Waals surface area contributed by atoms with Gasteiger partial charge in [0.25, 0.3) is 0 Å². The van der Waals surface area contributed by atoms with Gasteiger partial charge in [0.05, 0.1) is 23.1 Å². The number of carbonyl (C=O) groups is 1. The van der Waals surface area contributed by atoms with Crippen LogP contribution in [0.1, 0.15) is 6.42 Å². The largest absolute Gasteiger partial charge is 0.464 e. The van der Waals surface area contributed by atoms with Crippen LogP contribution in [0.5, 0.6) is 0 Å². The van der Waals surface area contributed by atoms with E-state index in [0.717, 1.165) is 40.6 Å². The molecule has 0 saturated carbocycles. The molecule has 3 aromatic rings. The van der Waals surface area contributed by atoms with Crippen LogP contribution in [0.25, 0.3) is 21.8 Å². The number of benzene rings is 2. The summed E-state index contributed by atoms with van der Waals surface area (Å²) in [5.41, 5.74) is 2.85. The number of anilines is 1. The molecule has 1 heterocycles. The number of para-hydroxylation sites is 2. The Labute approximate surface area is 205 Å². The number of pyridine rings is 1. The smallest absolute Gasteiger partial charge is 0.307 e. The summed E-state index contributed by atoms with van der Waals surface area (Å²) in [6, 6.07) is 16.0. The molecule has 0 bridgehead atoms. The van der Waals surface area contributed by atoms with Crippen molar-refractivity contribution in [3.05, 3.63) is 48.5 Å². The van der Waals surface area contributed by atoms with E-state index in [4.69, 9.17) is 32.9 Å². The van der Waals surface area contributed by atoms with E-state index in [1.165, 1.54) is 0 Å². The lowest BCUT2D eigenvalue weighted by Gasteiger charge is -2.19. The van der Waals surface area contributed by atoms with Gasteiger partial charge in [0, 0.05) is 48.7 Å². The van der Waals surface area contributed by atoms with Gasteiger partial charge in [-0.1, -0.05) is 36.4 Å². The van der Waals surface area contributed by atoms with E-state index < -0.39 is 0 Å². The molecule has 0 saturated heterocycles. The molecule has 1 N–H and O–H groups in total. The fourth-order valence-electron chi connectivity index (χ4n) is 3.26. The summed E-state index contributed by atoms with van der Waals surface area (Å²) in [5, 5.41) is 5.49. The second-order valence-electron chi connectivity index (χ2n) is 6.64. The molecule has 0 aliphatic carbocycles. The molecule has 0 unspecified atom stereocenters. The van der Waals surface area contributed by atoms with Crippen molar-refractivity contribution in [2.75, 3.05) is 49.9 Å². The number of nitrogens with one attached hydrogen (secondary N) is 1. The van der Waals surface area contributed by atoms with Crippen molar-refractivity contribution in [2.24, 2.45) is 0 Å². The second-order valence-corrected chi connectivity index (χ2v) is 7.39. The molecular formula is C22H27Cl4N3O2. The Kier molecular flexibility index (Phi) is 12.9. The number of aromatic nitrogens is 1. The Hall–Kier alpha value is -1.50. The third-order valence-corrected chi connectivity index (χ3v) is 5.03. The van der Waals surface area contributed by atoms with Crippen LogP contribution < -0.4 is 5.32 Å². The molecule has 0 amide bonds. The molecule has 3 rings (SSSR count). The van der Waals surface area contributed by atoms with Crippen LogP contribution in [-0.4, -0.2) is 60.4 Å². The average Bonchev–Trinajstić information content (AvgIpc) is 2.73. The second kappa shape index (κ2) is 14.5. The van der Waals surface area contributed by atoms with Crippen molar-refractivity contribution < 1.29 is 9.53 Å². The van der Waals surface area contributed by atoms with Gasteiger partial charge in [0.15, 0.2) is 0 Å². The molecule has 9 heteroatoms. The number of carbonyl (C=O) groups excluding carboxylic acids is 1. The Balaban J connectivity index is 0.00000240. The predicted molar refractivity (Wildman–Crippen MR) is 136 cm³/mol. The predicted octanol–water partition coefficient (Wildman–Crippen LogP) is 5.36. The highest BCUT2D eigenvalue weighted by molar-refractivity contribution is 6.18. The number of esters is 1. The molecule has 0 aliphatic heterocycles. The van der Waals surface area contributed by atoms with Gasteiger partial charge < -0.3 is 10.1 Å². The normalized spacial score (nSPS) is 10.5. The monoisotopic (exact) mass is 505 g/mol. The maximum atomic E-state index is 12.1. The lowest BCUT2D eigenvalue weighted by atomic mass is 10.1. The molecule has 170 valence electrons. The molecule has 0 spiro atoms. The third kappa shape index (κ3) is 7.85. The number of halogens is 4. The molecule has 31 heavy (non-hydrogen) atoms. The summed E-state index contributed by atoms with van der Waals surface area (Å²) >= 11 is 11.6. The number of hydrogen-bond acceptors (Lipinski definition) is 5. The SMILES string of the molecule is Cl.Cl.O=C(CCNc1c2ccccc2nc2ccccc12)OCCN(CCCl)CCCl. The fraction of sp³-hybridized carbons (Fsp3) is 0.364. The number of rotatable bonds is 11. The minimum absolute atomic E-state index is 0. The minimum Gasteiger partial charge on any atom is -0.464 e. The van der Waals surface area contributed by atoms with Crippen LogP contribution in [0.3, 0.4) is 0 Å². The van der Waals surface area contributed by atoms with Crippen molar-refractivity contribution >= 4 is 81.5 Å². The fourth-order valence-corrected chi connectivity index (χ4v) is 3.73. The van der Waals surface area contributed by atoms with Crippen LogP contribution >= 0.6 is 48.0 Å². The van der Waals surface area contributed by atoms with E-state index in [0.29, 0.717) is 31.5 Å². The summed E-state index contributed by atoms with van der Waals surface area (Å²) < 4.78 is 5.36. The van der Waals surface area contributed by atoms with Gasteiger partial charge in [-0.15, -0.1) is 48.0 Å². The van der Waals surface area contributed by atoms with Gasteiger partial charge in [-0.2, -0.15) is 0 Å². The number of hydrogen-bond donors (Lipinski definition) is 1. The Bertz CT molecular complexity index is 898. The third-order valence-electron chi connectivity index (χ3n) is 4.69. The topological polar surface area (TPSA) is 54.5 Å². The van der Waals surface area contributed by atoms with E-state index in [-0.39, 0.29) is 37.2 Å². The first kappa shape index (κ1) is 27.5. The zero-order valence-corrected chi connectivity index (χ0v) is 20.2. The Morgan fingerprint density at radius 3 is 2.00 bits per heavy atom. The van der Waals surface area contributed by atoms with Crippen LogP contribution in [0.4, 0.5) is 5.69 Å². The van der Waals surface area contributed by atoms with Gasteiger partial charge in [-0.25, -0.2) is 4.98 Å². The van der Waals surface area contributed by atoms with E-state index in [9.17, 15) is 4.79 Å². The maximum Gasteiger partial charge on any atom is 0.307 e. The molecule has 2 aromatic carbocycles. The van der Waals surface area contributed by atoms with Crippen molar-refractivity contribution in [2.45, 2.75) is 6.42 Å². The van der Waals surface area contributed by atoms with Crippen molar-refractivity contribution in [3.8, 4) is 0 Å². The molecular weight excluding hydrogens is 480 g/mol. The quantitative estimate of drug-likeness (QED) is 0.215. The molecule has 1 aromatic heterocycles. The molecule has 0 radical (unpaired) electrons. The Morgan fingerprint density at radius 1 is 0.903 bits per heavy atom. The average molecular weight is 507 g/mol. The van der Waals surface area contributed by atoms with E-state index in [1.807, 2.05) is 48.5 Å². The van der Waals surface area contributed by atoms with Crippen molar-refractivity contribution in [1.82, 2.24) is 9.88 Å². The number of ether oxygens (including phenoxy) is 1. The van der Waals surface area contributed by atoms with Gasteiger partial charge >= 0.3 is 5.97 Å². The molecule has 5 nitrogen and oxygen atoms in total. The highest BCUT2D eigenvalue weighted by Gasteiger charge is 2.10. The van der Waals surface area contributed by atoms with E-state index in [1.54, 1.807) is 0 Å². The highest BCUT2D eigenvalue weighted by atomic mass is 35.5. The highest BCUT2D eigenvalue weighted by Crippen LogP contribution is 2.30. The zero-order chi connectivity index (χ0) is 20.5. The van der Waals surface area contributed by atoms with E-state index >= 15 is 0 Å². The number of nitrogens with zero attached hydrogens (tertiary/aromatic N) is 2. The first-order chi connectivity index (χ1) is 14.2. The van der Waals surface area contributed by atoms with Crippen molar-refractivity contribution in [3.63, 3.8) is 0 Å². The Morgan fingerprint density at radius 2 is 1.45 bits per heavy atom. The number of fused-ring (bicyclic) bond motifs is 2. The maximum absolute atomic E-state index is 12.1. The number of alkyl halides is 2. The summed E-state index contributed by atoms with van der Waals surface area (Å²) in [5.74, 6) is 0.836.